The fourth-order valence-corrected chi connectivity index (χ4v) is 3.33. The molecule has 0 aliphatic carbocycles. The summed E-state index contributed by atoms with van der Waals surface area (Å²) in [5.74, 6) is -0.296. The van der Waals surface area contributed by atoms with Crippen LogP contribution in [0.2, 0.25) is 5.02 Å². The quantitative estimate of drug-likeness (QED) is 0.836. The molecule has 1 atom stereocenters. The standard InChI is InChI=1S/C15H15ClN4O3S/c1-8-17-18-13-7-20(12(15(22)23)6-19(8)13)14(21)10-5-9(24-2)3-4-11(10)16/h3-5,12H,6-7H2,1-2H3,(H,22,23). The summed E-state index contributed by atoms with van der Waals surface area (Å²) in [4.78, 5) is 26.8. The van der Waals surface area contributed by atoms with Crippen LogP contribution in [-0.4, -0.2) is 48.9 Å². The fraction of sp³-hybridized carbons (Fsp3) is 0.333. The van der Waals surface area contributed by atoms with Crippen LogP contribution in [0.15, 0.2) is 23.1 Å². The topological polar surface area (TPSA) is 88.3 Å². The number of carboxylic acid groups (broad SMARTS) is 1. The first-order valence-corrected chi connectivity index (χ1v) is 8.78. The summed E-state index contributed by atoms with van der Waals surface area (Å²) < 4.78 is 1.72. The van der Waals surface area contributed by atoms with Crippen molar-refractivity contribution in [2.75, 3.05) is 6.26 Å². The first-order chi connectivity index (χ1) is 11.4. The van der Waals surface area contributed by atoms with Crippen molar-refractivity contribution in [2.24, 2.45) is 0 Å². The molecule has 0 radical (unpaired) electrons. The third kappa shape index (κ3) is 2.87. The minimum absolute atomic E-state index is 0.0798. The molecule has 0 saturated carbocycles. The van der Waals surface area contributed by atoms with Crippen LogP contribution >= 0.6 is 23.4 Å². The van der Waals surface area contributed by atoms with E-state index in [0.29, 0.717) is 22.2 Å². The number of nitrogens with zero attached hydrogens (tertiary/aromatic N) is 4. The van der Waals surface area contributed by atoms with Gasteiger partial charge in [0, 0.05) is 4.90 Å². The van der Waals surface area contributed by atoms with Crippen molar-refractivity contribution in [3.05, 3.63) is 40.4 Å². The molecule has 126 valence electrons. The van der Waals surface area contributed by atoms with E-state index in [-0.39, 0.29) is 13.1 Å². The van der Waals surface area contributed by atoms with Gasteiger partial charge in [0.25, 0.3) is 5.91 Å². The van der Waals surface area contributed by atoms with Crippen molar-refractivity contribution in [1.82, 2.24) is 19.7 Å². The number of aliphatic carboxylic acids is 1. The van der Waals surface area contributed by atoms with Crippen LogP contribution in [0.1, 0.15) is 22.0 Å². The molecule has 1 aliphatic heterocycles. The number of halogens is 1. The largest absolute Gasteiger partial charge is 0.480 e. The number of hydrogen-bond acceptors (Lipinski definition) is 5. The van der Waals surface area contributed by atoms with Crippen molar-refractivity contribution in [3.63, 3.8) is 0 Å². The van der Waals surface area contributed by atoms with Gasteiger partial charge in [-0.25, -0.2) is 4.79 Å². The summed E-state index contributed by atoms with van der Waals surface area (Å²) >= 11 is 7.64. The molecule has 3 rings (SSSR count). The van der Waals surface area contributed by atoms with E-state index in [1.807, 2.05) is 12.3 Å². The normalized spacial score (nSPS) is 16.8. The van der Waals surface area contributed by atoms with E-state index in [1.165, 1.54) is 16.7 Å². The minimum Gasteiger partial charge on any atom is -0.480 e. The Kier molecular flexibility index (Phi) is 4.51. The van der Waals surface area contributed by atoms with Gasteiger partial charge in [0.1, 0.15) is 11.9 Å². The van der Waals surface area contributed by atoms with E-state index in [1.54, 1.807) is 23.6 Å². The maximum Gasteiger partial charge on any atom is 0.328 e. The molecule has 2 heterocycles. The van der Waals surface area contributed by atoms with Gasteiger partial charge in [-0.1, -0.05) is 11.6 Å². The number of carbonyl (C=O) groups is 2. The summed E-state index contributed by atoms with van der Waals surface area (Å²) in [6.45, 7) is 1.96. The maximum atomic E-state index is 12.9. The highest BCUT2D eigenvalue weighted by molar-refractivity contribution is 7.98. The highest BCUT2D eigenvalue weighted by atomic mass is 35.5. The second-order valence-corrected chi connectivity index (χ2v) is 6.69. The van der Waals surface area contributed by atoms with Crippen LogP contribution in [0.4, 0.5) is 0 Å². The number of fused-ring (bicyclic) bond motifs is 1. The smallest absolute Gasteiger partial charge is 0.328 e. The highest BCUT2D eigenvalue weighted by Crippen LogP contribution is 2.27. The lowest BCUT2D eigenvalue weighted by Crippen LogP contribution is -2.50. The second-order valence-electron chi connectivity index (χ2n) is 5.41. The van der Waals surface area contributed by atoms with Crippen LogP contribution in [0.5, 0.6) is 0 Å². The van der Waals surface area contributed by atoms with Gasteiger partial charge >= 0.3 is 5.97 Å². The van der Waals surface area contributed by atoms with Crippen molar-refractivity contribution >= 4 is 35.2 Å². The van der Waals surface area contributed by atoms with Gasteiger partial charge < -0.3 is 14.6 Å². The number of hydrogen-bond donors (Lipinski definition) is 1. The van der Waals surface area contributed by atoms with E-state index >= 15 is 0 Å². The van der Waals surface area contributed by atoms with Gasteiger partial charge in [-0.15, -0.1) is 22.0 Å². The van der Waals surface area contributed by atoms with Gasteiger partial charge in [0.2, 0.25) is 0 Å². The lowest BCUT2D eigenvalue weighted by Gasteiger charge is -2.33. The Balaban J connectivity index is 2.00. The summed E-state index contributed by atoms with van der Waals surface area (Å²) in [6.07, 6.45) is 1.89. The molecule has 24 heavy (non-hydrogen) atoms. The van der Waals surface area contributed by atoms with E-state index in [9.17, 15) is 14.7 Å². The van der Waals surface area contributed by atoms with Crippen LogP contribution < -0.4 is 0 Å². The van der Waals surface area contributed by atoms with Gasteiger partial charge in [-0.05, 0) is 31.4 Å². The van der Waals surface area contributed by atoms with Gasteiger partial charge in [0.15, 0.2) is 5.82 Å². The summed E-state index contributed by atoms with van der Waals surface area (Å²) in [7, 11) is 0. The van der Waals surface area contributed by atoms with Crippen molar-refractivity contribution in [3.8, 4) is 0 Å². The molecule has 0 fully saturated rings. The summed E-state index contributed by atoms with van der Waals surface area (Å²) in [5, 5.41) is 17.8. The average molecular weight is 367 g/mol. The van der Waals surface area contributed by atoms with E-state index in [0.717, 1.165) is 4.90 Å². The maximum absolute atomic E-state index is 12.9. The van der Waals surface area contributed by atoms with Crippen LogP contribution in [0.3, 0.4) is 0 Å². The van der Waals surface area contributed by atoms with Crippen molar-refractivity contribution < 1.29 is 14.7 Å². The van der Waals surface area contributed by atoms with E-state index < -0.39 is 17.9 Å². The zero-order chi connectivity index (χ0) is 17.4. The number of carboxylic acids is 1. The van der Waals surface area contributed by atoms with Crippen molar-refractivity contribution in [2.45, 2.75) is 31.0 Å². The first-order valence-electron chi connectivity index (χ1n) is 7.18. The molecule has 7 nitrogen and oxygen atoms in total. The Bertz CT molecular complexity index is 823. The zero-order valence-corrected chi connectivity index (χ0v) is 14.6. The second kappa shape index (κ2) is 6.45. The monoisotopic (exact) mass is 366 g/mol. The van der Waals surface area contributed by atoms with Crippen LogP contribution in [0.25, 0.3) is 0 Å². The highest BCUT2D eigenvalue weighted by Gasteiger charge is 2.37. The molecule has 1 amide bonds. The molecule has 0 bridgehead atoms. The molecule has 1 aromatic carbocycles. The van der Waals surface area contributed by atoms with Gasteiger partial charge in [0.05, 0.1) is 23.7 Å². The number of benzene rings is 1. The third-order valence-corrected chi connectivity index (χ3v) is 5.06. The Morgan fingerprint density at radius 3 is 2.79 bits per heavy atom. The predicted octanol–water partition coefficient (Wildman–Crippen LogP) is 2.07. The number of aryl methyl sites for hydroxylation is 1. The molecule has 0 saturated heterocycles. The molecule has 0 spiro atoms. The minimum atomic E-state index is -1.07. The Morgan fingerprint density at radius 1 is 1.38 bits per heavy atom. The Morgan fingerprint density at radius 2 is 2.12 bits per heavy atom. The predicted molar refractivity (Wildman–Crippen MR) is 89.3 cm³/mol. The summed E-state index contributed by atoms with van der Waals surface area (Å²) in [5.41, 5.74) is 0.291. The Labute approximate surface area is 147 Å². The molecule has 1 unspecified atom stereocenters. The van der Waals surface area contributed by atoms with E-state index in [2.05, 4.69) is 10.2 Å². The van der Waals surface area contributed by atoms with Gasteiger partial charge in [-0.3, -0.25) is 4.79 Å². The summed E-state index contributed by atoms with van der Waals surface area (Å²) in [6, 6.07) is 4.15. The molecule has 1 aliphatic rings. The van der Waals surface area contributed by atoms with Crippen LogP contribution in [0, 0.1) is 6.92 Å². The molecule has 9 heteroatoms. The SMILES string of the molecule is CSc1ccc(Cl)c(C(=O)N2Cc3nnc(C)n3CC2C(=O)O)c1. The average Bonchev–Trinajstić information content (AvgIpc) is 2.94. The molecular weight excluding hydrogens is 352 g/mol. The zero-order valence-electron chi connectivity index (χ0n) is 13.1. The lowest BCUT2D eigenvalue weighted by molar-refractivity contribution is -0.143. The number of amides is 1. The lowest BCUT2D eigenvalue weighted by atomic mass is 10.1. The van der Waals surface area contributed by atoms with Gasteiger partial charge in [-0.2, -0.15) is 0 Å². The first kappa shape index (κ1) is 16.8. The number of thioether (sulfide) groups is 1. The Hall–Kier alpha value is -2.06. The number of carbonyl (C=O) groups excluding carboxylic acids is 1. The third-order valence-electron chi connectivity index (χ3n) is 4.01. The molecule has 1 aromatic heterocycles. The molecular formula is C15H15ClN4O3S. The van der Waals surface area contributed by atoms with E-state index in [4.69, 9.17) is 11.6 Å². The fourth-order valence-electron chi connectivity index (χ4n) is 2.69. The molecule has 2 aromatic rings. The molecule has 1 N–H and O–H groups in total. The van der Waals surface area contributed by atoms with Crippen LogP contribution in [-0.2, 0) is 17.9 Å². The van der Waals surface area contributed by atoms with Crippen molar-refractivity contribution in [1.29, 1.82) is 0 Å². The number of aromatic nitrogens is 3. The number of rotatable bonds is 3.